The molecule has 164 valence electrons. The number of hydrogen-bond donors (Lipinski definition) is 6. The number of aliphatic hydroxyl groups is 2. The van der Waals surface area contributed by atoms with Gasteiger partial charge in [-0.15, -0.1) is 0 Å². The van der Waals surface area contributed by atoms with Crippen LogP contribution in [0.25, 0.3) is 11.2 Å². The van der Waals surface area contributed by atoms with E-state index in [-0.39, 0.29) is 30.5 Å². The Morgan fingerprint density at radius 2 is 2.03 bits per heavy atom. The van der Waals surface area contributed by atoms with E-state index in [9.17, 15) is 20.4 Å². The number of nitrogens with zero attached hydrogens (tertiary/aromatic N) is 5. The quantitative estimate of drug-likeness (QED) is 0.270. The van der Waals surface area contributed by atoms with Crippen molar-refractivity contribution in [1.29, 1.82) is 0 Å². The van der Waals surface area contributed by atoms with Crippen LogP contribution >= 0.6 is 0 Å². The molecule has 3 unspecified atom stereocenters. The molecule has 0 amide bonds. The number of imidazole rings is 1. The van der Waals surface area contributed by atoms with Crippen molar-refractivity contribution in [3.8, 4) is 11.5 Å². The maximum atomic E-state index is 11.1. The van der Waals surface area contributed by atoms with Crippen molar-refractivity contribution < 1.29 is 25.2 Å². The molecular weight excluding hydrogens is 406 g/mol. The van der Waals surface area contributed by atoms with E-state index in [0.29, 0.717) is 17.8 Å². The van der Waals surface area contributed by atoms with Crippen LogP contribution in [0, 0.1) is 0 Å². The Morgan fingerprint density at radius 3 is 2.87 bits per heavy atom. The molecular formula is C19H23N7O5. The maximum Gasteiger partial charge on any atom is 0.197 e. The van der Waals surface area contributed by atoms with E-state index in [0.717, 1.165) is 24.2 Å². The standard InChI is InChI=1S/C19H23N7O5/c20-17-15-18(23-7-22-17)26(9-24-15)19(30)6-31-14(16(19)29)5-21-8-25-2-1-10-3-12(27)13(28)4-11(10)25/h3-4,7,9,14,16,21,27-30H,1-2,5-6,8H2,(H2,20,22,23). The van der Waals surface area contributed by atoms with Crippen molar-refractivity contribution in [3.63, 3.8) is 0 Å². The number of aromatic hydroxyl groups is 2. The lowest BCUT2D eigenvalue weighted by molar-refractivity contribution is -0.107. The molecule has 3 aromatic rings. The zero-order chi connectivity index (χ0) is 21.8. The molecule has 12 nitrogen and oxygen atoms in total. The Balaban J connectivity index is 1.26. The van der Waals surface area contributed by atoms with Crippen LogP contribution in [0.15, 0.2) is 24.8 Å². The topological polar surface area (TPSA) is 175 Å². The van der Waals surface area contributed by atoms with E-state index in [1.165, 1.54) is 23.3 Å². The molecule has 7 N–H and O–H groups in total. The van der Waals surface area contributed by atoms with Gasteiger partial charge in [0.05, 0.1) is 19.6 Å². The highest BCUT2D eigenvalue weighted by molar-refractivity contribution is 5.81. The Kier molecular flexibility index (Phi) is 4.59. The summed E-state index contributed by atoms with van der Waals surface area (Å²) in [5, 5.41) is 44.6. The fourth-order valence-corrected chi connectivity index (χ4v) is 4.21. The number of aliphatic hydroxyl groups excluding tert-OH is 1. The number of phenolic OH excluding ortho intramolecular Hbond substituents is 2. The number of hydrogen-bond acceptors (Lipinski definition) is 11. The minimum absolute atomic E-state index is 0.130. The zero-order valence-electron chi connectivity index (χ0n) is 16.5. The summed E-state index contributed by atoms with van der Waals surface area (Å²) in [7, 11) is 0. The van der Waals surface area contributed by atoms with E-state index >= 15 is 0 Å². The highest BCUT2D eigenvalue weighted by Crippen LogP contribution is 2.37. The number of rotatable bonds is 5. The van der Waals surface area contributed by atoms with Gasteiger partial charge in [-0.25, -0.2) is 15.0 Å². The molecule has 2 aromatic heterocycles. The lowest BCUT2D eigenvalue weighted by Crippen LogP contribution is -2.48. The van der Waals surface area contributed by atoms with Crippen LogP contribution in [0.1, 0.15) is 5.56 Å². The SMILES string of the molecule is Nc1ncnc2c1ncn2C1(O)COC(CNCN2CCc3cc(O)c(O)cc32)C1O. The minimum Gasteiger partial charge on any atom is -0.504 e. The molecule has 0 saturated carbocycles. The summed E-state index contributed by atoms with van der Waals surface area (Å²) in [6.07, 6.45) is 1.48. The van der Waals surface area contributed by atoms with Gasteiger partial charge in [-0.1, -0.05) is 0 Å². The van der Waals surface area contributed by atoms with Crippen molar-refractivity contribution in [2.24, 2.45) is 0 Å². The molecule has 12 heteroatoms. The molecule has 2 aliphatic heterocycles. The van der Waals surface area contributed by atoms with Crippen molar-refractivity contribution in [1.82, 2.24) is 24.8 Å². The molecule has 0 aliphatic carbocycles. The van der Waals surface area contributed by atoms with Crippen molar-refractivity contribution >= 4 is 22.7 Å². The van der Waals surface area contributed by atoms with Crippen LogP contribution in [0.2, 0.25) is 0 Å². The van der Waals surface area contributed by atoms with Crippen LogP contribution < -0.4 is 16.0 Å². The first-order valence-electron chi connectivity index (χ1n) is 9.85. The molecule has 3 atom stereocenters. The van der Waals surface area contributed by atoms with Gasteiger partial charge >= 0.3 is 0 Å². The zero-order valence-corrected chi connectivity index (χ0v) is 16.5. The van der Waals surface area contributed by atoms with E-state index in [2.05, 4.69) is 20.3 Å². The van der Waals surface area contributed by atoms with Gasteiger partial charge in [-0.05, 0) is 18.1 Å². The third-order valence-electron chi connectivity index (χ3n) is 5.93. The predicted molar refractivity (Wildman–Crippen MR) is 109 cm³/mol. The molecule has 31 heavy (non-hydrogen) atoms. The molecule has 0 radical (unpaired) electrons. The third kappa shape index (κ3) is 3.11. The summed E-state index contributed by atoms with van der Waals surface area (Å²) >= 11 is 0. The summed E-state index contributed by atoms with van der Waals surface area (Å²) < 4.78 is 7.03. The molecule has 5 rings (SSSR count). The van der Waals surface area contributed by atoms with Crippen LogP contribution in [0.4, 0.5) is 11.5 Å². The summed E-state index contributed by atoms with van der Waals surface area (Å²) in [4.78, 5) is 14.2. The number of anilines is 2. The first-order valence-corrected chi connectivity index (χ1v) is 9.85. The van der Waals surface area contributed by atoms with Crippen molar-refractivity contribution in [2.75, 3.05) is 37.0 Å². The van der Waals surface area contributed by atoms with Gasteiger partial charge in [0, 0.05) is 24.8 Å². The second-order valence-electron chi connectivity index (χ2n) is 7.81. The van der Waals surface area contributed by atoms with Crippen LogP contribution in [0.3, 0.4) is 0 Å². The largest absolute Gasteiger partial charge is 0.504 e. The van der Waals surface area contributed by atoms with Gasteiger partial charge < -0.3 is 35.8 Å². The number of fused-ring (bicyclic) bond motifs is 2. The number of ether oxygens (including phenoxy) is 1. The number of nitrogen functional groups attached to an aromatic ring is 1. The monoisotopic (exact) mass is 429 g/mol. The summed E-state index contributed by atoms with van der Waals surface area (Å²) in [5.41, 5.74) is 6.50. The van der Waals surface area contributed by atoms with Gasteiger partial charge in [0.15, 0.2) is 28.7 Å². The molecule has 2 aliphatic rings. The molecule has 0 spiro atoms. The number of phenols is 2. The smallest absolute Gasteiger partial charge is 0.197 e. The van der Waals surface area contributed by atoms with Crippen LogP contribution in [0.5, 0.6) is 11.5 Å². The number of nitrogens with two attached hydrogens (primary N) is 1. The Labute approximate surface area is 176 Å². The summed E-state index contributed by atoms with van der Waals surface area (Å²) in [6.45, 7) is 1.31. The van der Waals surface area contributed by atoms with E-state index in [1.54, 1.807) is 6.07 Å². The fourth-order valence-electron chi connectivity index (χ4n) is 4.21. The Morgan fingerprint density at radius 1 is 1.23 bits per heavy atom. The molecule has 1 saturated heterocycles. The summed E-state index contributed by atoms with van der Waals surface area (Å²) in [5.74, 6) is -0.110. The van der Waals surface area contributed by atoms with Crippen LogP contribution in [-0.4, -0.2) is 78.5 Å². The van der Waals surface area contributed by atoms with Gasteiger partial charge in [0.1, 0.15) is 24.1 Å². The average molecular weight is 429 g/mol. The first kappa shape index (κ1) is 19.8. The lowest BCUT2D eigenvalue weighted by atomic mass is 10.1. The summed E-state index contributed by atoms with van der Waals surface area (Å²) in [6, 6.07) is 3.11. The molecule has 1 aromatic carbocycles. The molecule has 1 fully saturated rings. The second-order valence-corrected chi connectivity index (χ2v) is 7.81. The second kappa shape index (κ2) is 7.20. The number of aromatic nitrogens is 4. The predicted octanol–water partition coefficient (Wildman–Crippen LogP) is -1.17. The van der Waals surface area contributed by atoms with Gasteiger partial charge in [-0.3, -0.25) is 9.88 Å². The minimum atomic E-state index is -1.74. The number of benzene rings is 1. The molecule has 0 bridgehead atoms. The Hall–Kier alpha value is -3.19. The van der Waals surface area contributed by atoms with Gasteiger partial charge in [-0.2, -0.15) is 0 Å². The van der Waals surface area contributed by atoms with Crippen molar-refractivity contribution in [2.45, 2.75) is 24.4 Å². The number of nitrogens with one attached hydrogen (secondary N) is 1. The molecule has 4 heterocycles. The van der Waals surface area contributed by atoms with Gasteiger partial charge in [0.2, 0.25) is 0 Å². The Bertz CT molecular complexity index is 1140. The third-order valence-corrected chi connectivity index (χ3v) is 5.93. The highest BCUT2D eigenvalue weighted by atomic mass is 16.5. The van der Waals surface area contributed by atoms with Crippen molar-refractivity contribution in [3.05, 3.63) is 30.4 Å². The van der Waals surface area contributed by atoms with E-state index in [4.69, 9.17) is 10.5 Å². The fraction of sp³-hybridized carbons (Fsp3) is 0.421. The average Bonchev–Trinajstić information content (AvgIpc) is 3.42. The maximum absolute atomic E-state index is 11.1. The first-order chi connectivity index (χ1) is 14.9. The normalized spacial score (nSPS) is 25.4. The highest BCUT2D eigenvalue weighted by Gasteiger charge is 2.50. The van der Waals surface area contributed by atoms with Crippen LogP contribution in [-0.2, 0) is 16.9 Å². The van der Waals surface area contributed by atoms with E-state index < -0.39 is 17.9 Å². The van der Waals surface area contributed by atoms with E-state index in [1.807, 2.05) is 4.90 Å². The van der Waals surface area contributed by atoms with Gasteiger partial charge in [0.25, 0.3) is 0 Å². The lowest BCUT2D eigenvalue weighted by Gasteiger charge is -2.28.